The predicted octanol–water partition coefficient (Wildman–Crippen LogP) is 1.76. The highest BCUT2D eigenvalue weighted by Gasteiger charge is 2.30. The first kappa shape index (κ1) is 17.1. The molecule has 0 bridgehead atoms. The van der Waals surface area contributed by atoms with Crippen LogP contribution in [-0.2, 0) is 14.8 Å². The van der Waals surface area contributed by atoms with Crippen molar-refractivity contribution in [1.82, 2.24) is 4.72 Å². The van der Waals surface area contributed by atoms with Gasteiger partial charge in [-0.3, -0.25) is 0 Å². The largest absolute Gasteiger partial charge is 0.478 e. The average molecular weight is 327 g/mol. The molecule has 5 nitrogen and oxygen atoms in total. The van der Waals surface area contributed by atoms with Crippen LogP contribution in [0, 0.1) is 5.82 Å². The molecule has 21 heavy (non-hydrogen) atoms. The molecule has 0 saturated carbocycles. The monoisotopic (exact) mass is 327 g/mol. The van der Waals surface area contributed by atoms with Crippen LogP contribution in [0.25, 0.3) is 6.08 Å². The van der Waals surface area contributed by atoms with Crippen LogP contribution in [0.15, 0.2) is 29.2 Å². The molecule has 0 spiro atoms. The summed E-state index contributed by atoms with van der Waals surface area (Å²) in [5, 5.41) is 8.38. The van der Waals surface area contributed by atoms with Crippen LogP contribution >= 0.6 is 0 Å². The zero-order valence-electron chi connectivity index (χ0n) is 10.2. The Morgan fingerprint density at radius 3 is 2.43 bits per heavy atom. The lowest BCUT2D eigenvalue weighted by molar-refractivity contribution is -0.131. The predicted molar refractivity (Wildman–Crippen MR) is 64.3 cm³/mol. The number of carboxylic acid groups (broad SMARTS) is 1. The third kappa shape index (κ3) is 5.52. The molecule has 0 heterocycles. The molecule has 116 valence electrons. The summed E-state index contributed by atoms with van der Waals surface area (Å²) >= 11 is 0. The van der Waals surface area contributed by atoms with Crippen molar-refractivity contribution in [3.63, 3.8) is 0 Å². The smallest absolute Gasteiger partial charge is 0.402 e. The van der Waals surface area contributed by atoms with Gasteiger partial charge in [0.25, 0.3) is 0 Å². The van der Waals surface area contributed by atoms with Gasteiger partial charge in [-0.15, -0.1) is 0 Å². The Morgan fingerprint density at radius 2 is 1.95 bits per heavy atom. The van der Waals surface area contributed by atoms with Crippen LogP contribution in [0.5, 0.6) is 0 Å². The highest BCUT2D eigenvalue weighted by atomic mass is 32.2. The van der Waals surface area contributed by atoms with Crippen LogP contribution in [0.4, 0.5) is 17.6 Å². The Bertz CT molecular complexity index is 667. The number of aliphatic carboxylic acids is 1. The van der Waals surface area contributed by atoms with Crippen LogP contribution in [0.3, 0.4) is 0 Å². The van der Waals surface area contributed by atoms with Crippen molar-refractivity contribution in [3.8, 4) is 0 Å². The van der Waals surface area contributed by atoms with Crippen molar-refractivity contribution in [3.05, 3.63) is 35.7 Å². The second kappa shape index (κ2) is 6.22. The number of nitrogens with one attached hydrogen (secondary N) is 1. The zero-order chi connectivity index (χ0) is 16.3. The zero-order valence-corrected chi connectivity index (χ0v) is 11.0. The third-order valence-electron chi connectivity index (χ3n) is 2.13. The number of carbonyl (C=O) groups is 1. The van der Waals surface area contributed by atoms with Gasteiger partial charge in [0, 0.05) is 6.08 Å². The third-order valence-corrected chi connectivity index (χ3v) is 3.56. The average Bonchev–Trinajstić information content (AvgIpc) is 2.33. The van der Waals surface area contributed by atoms with E-state index in [9.17, 15) is 30.8 Å². The van der Waals surface area contributed by atoms with Crippen molar-refractivity contribution < 1.29 is 35.9 Å². The number of halogens is 4. The molecule has 1 aromatic carbocycles. The lowest BCUT2D eigenvalue weighted by Gasteiger charge is -2.10. The molecule has 0 amide bonds. The van der Waals surface area contributed by atoms with Crippen LogP contribution < -0.4 is 4.72 Å². The van der Waals surface area contributed by atoms with Crippen molar-refractivity contribution in [2.24, 2.45) is 0 Å². The standard InChI is InChI=1S/C11H9F4NO4S/c12-8-5-7(2-4-10(17)18)1-3-9(8)21(19,20)16-6-11(13,14)15/h1-5,16H,6H2,(H,17,18)/b4-2+. The van der Waals surface area contributed by atoms with Crippen molar-refractivity contribution in [1.29, 1.82) is 0 Å². The number of alkyl halides is 3. The molecule has 2 N–H and O–H groups in total. The minimum atomic E-state index is -4.77. The number of sulfonamides is 1. The summed E-state index contributed by atoms with van der Waals surface area (Å²) < 4.78 is 73.7. The molecular weight excluding hydrogens is 318 g/mol. The molecule has 0 saturated heterocycles. The maximum absolute atomic E-state index is 13.6. The van der Waals surface area contributed by atoms with Gasteiger partial charge in [-0.2, -0.15) is 13.2 Å². The maximum atomic E-state index is 13.6. The minimum Gasteiger partial charge on any atom is -0.478 e. The van der Waals surface area contributed by atoms with Crippen LogP contribution in [-0.4, -0.2) is 32.2 Å². The topological polar surface area (TPSA) is 83.5 Å². The number of benzene rings is 1. The highest BCUT2D eigenvalue weighted by molar-refractivity contribution is 7.89. The van der Waals surface area contributed by atoms with Gasteiger partial charge in [0.1, 0.15) is 17.3 Å². The Balaban J connectivity index is 3.01. The number of hydrogen-bond acceptors (Lipinski definition) is 3. The first-order valence-electron chi connectivity index (χ1n) is 5.28. The summed E-state index contributed by atoms with van der Waals surface area (Å²) in [7, 11) is -4.66. The van der Waals surface area contributed by atoms with Crippen LogP contribution in [0.1, 0.15) is 5.56 Å². The number of carboxylic acids is 1. The van der Waals surface area contributed by atoms with E-state index < -0.39 is 39.4 Å². The Hall–Kier alpha value is -1.94. The lowest BCUT2D eigenvalue weighted by Crippen LogP contribution is -2.34. The summed E-state index contributed by atoms with van der Waals surface area (Å²) in [5.41, 5.74) is 0.0460. The molecule has 0 unspecified atom stereocenters. The molecule has 0 aliphatic carbocycles. The number of rotatable bonds is 5. The summed E-state index contributed by atoms with van der Waals surface area (Å²) in [6.45, 7) is -1.82. The Kier molecular flexibility index (Phi) is 5.07. The van der Waals surface area contributed by atoms with E-state index >= 15 is 0 Å². The van der Waals surface area contributed by atoms with Gasteiger partial charge in [0.2, 0.25) is 10.0 Å². The van der Waals surface area contributed by atoms with Gasteiger partial charge in [0.05, 0.1) is 0 Å². The summed E-state index contributed by atoms with van der Waals surface area (Å²) in [6.07, 6.45) is -3.07. The second-order valence-corrected chi connectivity index (χ2v) is 5.54. The van der Waals surface area contributed by atoms with Crippen molar-refractivity contribution in [2.75, 3.05) is 6.54 Å². The van der Waals surface area contributed by atoms with E-state index in [0.29, 0.717) is 12.1 Å². The molecule has 0 aromatic heterocycles. The molecule has 0 aliphatic heterocycles. The fourth-order valence-electron chi connectivity index (χ4n) is 1.26. The van der Waals surface area contributed by atoms with Gasteiger partial charge in [-0.25, -0.2) is 22.3 Å². The Labute approximate surface area is 116 Å². The van der Waals surface area contributed by atoms with E-state index in [0.717, 1.165) is 18.2 Å². The van der Waals surface area contributed by atoms with Gasteiger partial charge in [-0.05, 0) is 23.8 Å². The molecule has 0 atom stereocenters. The quantitative estimate of drug-likeness (QED) is 0.638. The fraction of sp³-hybridized carbons (Fsp3) is 0.182. The first-order chi connectivity index (χ1) is 9.51. The van der Waals surface area contributed by atoms with Crippen molar-refractivity contribution in [2.45, 2.75) is 11.1 Å². The maximum Gasteiger partial charge on any atom is 0.402 e. The van der Waals surface area contributed by atoms with E-state index in [1.165, 1.54) is 4.72 Å². The molecule has 0 aliphatic rings. The highest BCUT2D eigenvalue weighted by Crippen LogP contribution is 2.19. The van der Waals surface area contributed by atoms with Crippen LogP contribution in [0.2, 0.25) is 0 Å². The second-order valence-electron chi connectivity index (χ2n) is 3.80. The molecule has 0 fully saturated rings. The molecule has 10 heteroatoms. The summed E-state index contributed by atoms with van der Waals surface area (Å²) in [5.74, 6) is -2.59. The van der Waals surface area contributed by atoms with E-state index in [2.05, 4.69) is 0 Å². The van der Waals surface area contributed by atoms with E-state index in [4.69, 9.17) is 5.11 Å². The SMILES string of the molecule is O=C(O)/C=C/c1ccc(S(=O)(=O)NCC(F)(F)F)c(F)c1. The Morgan fingerprint density at radius 1 is 1.33 bits per heavy atom. The van der Waals surface area contributed by atoms with Crippen molar-refractivity contribution >= 4 is 22.1 Å². The van der Waals surface area contributed by atoms with Gasteiger partial charge < -0.3 is 5.11 Å². The molecule has 0 radical (unpaired) electrons. The van der Waals surface area contributed by atoms with Gasteiger partial charge >= 0.3 is 12.1 Å². The van der Waals surface area contributed by atoms with E-state index in [1.807, 2.05) is 0 Å². The van der Waals surface area contributed by atoms with E-state index in [-0.39, 0.29) is 5.56 Å². The number of hydrogen-bond donors (Lipinski definition) is 2. The normalized spacial score (nSPS) is 12.8. The fourth-order valence-corrected chi connectivity index (χ4v) is 2.33. The lowest BCUT2D eigenvalue weighted by atomic mass is 10.2. The first-order valence-corrected chi connectivity index (χ1v) is 6.76. The molecular formula is C11H9F4NO4S. The van der Waals surface area contributed by atoms with Gasteiger partial charge in [-0.1, -0.05) is 6.07 Å². The summed E-state index contributed by atoms with van der Waals surface area (Å²) in [4.78, 5) is 9.31. The molecule has 1 rings (SSSR count). The summed E-state index contributed by atoms with van der Waals surface area (Å²) in [6, 6.07) is 2.50. The molecule has 1 aromatic rings. The van der Waals surface area contributed by atoms with E-state index in [1.54, 1.807) is 0 Å². The van der Waals surface area contributed by atoms with Gasteiger partial charge in [0.15, 0.2) is 0 Å². The minimum absolute atomic E-state index is 0.0460.